The molecule has 1 N–H and O–H groups in total. The molecule has 0 aromatic heterocycles. The van der Waals surface area contributed by atoms with Crippen LogP contribution in [-0.4, -0.2) is 27.0 Å². The molecule has 1 rings (SSSR count). The lowest BCUT2D eigenvalue weighted by atomic mass is 10.2. The minimum Gasteiger partial charge on any atom is -0.211 e. The normalized spacial score (nSPS) is 12.9. The third kappa shape index (κ3) is 4.49. The van der Waals surface area contributed by atoms with Crippen LogP contribution in [0, 0.1) is 23.1 Å². The number of rotatable bonds is 6. The maximum absolute atomic E-state index is 13.1. The van der Waals surface area contributed by atoms with Crippen LogP contribution < -0.4 is 4.72 Å². The monoisotopic (exact) mass is 302 g/mol. The van der Waals surface area contributed by atoms with Gasteiger partial charge >= 0.3 is 0 Å². The largest absolute Gasteiger partial charge is 0.240 e. The Bertz CT molecular complexity index is 582. The number of sulfonamides is 1. The van der Waals surface area contributed by atoms with E-state index in [-0.39, 0.29) is 16.4 Å². The van der Waals surface area contributed by atoms with Crippen molar-refractivity contribution in [1.82, 2.24) is 4.72 Å². The van der Waals surface area contributed by atoms with Crippen molar-refractivity contribution in [2.24, 2.45) is 5.92 Å². The van der Waals surface area contributed by atoms with Gasteiger partial charge in [-0.2, -0.15) is 17.0 Å². The molecule has 19 heavy (non-hydrogen) atoms. The van der Waals surface area contributed by atoms with Gasteiger partial charge in [-0.15, -0.1) is 0 Å². The fraction of sp³-hybridized carbons (Fsp3) is 0.417. The van der Waals surface area contributed by atoms with Gasteiger partial charge in [0.25, 0.3) is 0 Å². The van der Waals surface area contributed by atoms with Crippen LogP contribution in [0.3, 0.4) is 0 Å². The fourth-order valence-electron chi connectivity index (χ4n) is 1.44. The highest BCUT2D eigenvalue weighted by Crippen LogP contribution is 2.14. The van der Waals surface area contributed by atoms with Gasteiger partial charge in [0.15, 0.2) is 0 Å². The number of nitrogens with zero attached hydrogens (tertiary/aromatic N) is 1. The zero-order valence-corrected chi connectivity index (χ0v) is 12.3. The molecule has 1 aromatic carbocycles. The highest BCUT2D eigenvalue weighted by Gasteiger charge is 2.17. The van der Waals surface area contributed by atoms with E-state index in [9.17, 15) is 12.8 Å². The summed E-state index contributed by atoms with van der Waals surface area (Å²) < 4.78 is 39.5. The second-order valence-corrected chi connectivity index (χ2v) is 6.84. The molecule has 4 nitrogen and oxygen atoms in total. The summed E-state index contributed by atoms with van der Waals surface area (Å²) in [6.45, 7) is 2.24. The zero-order valence-electron chi connectivity index (χ0n) is 10.7. The summed E-state index contributed by atoms with van der Waals surface area (Å²) in [6, 6.07) is 4.80. The molecular formula is C12H15FN2O2S2. The van der Waals surface area contributed by atoms with Crippen LogP contribution >= 0.6 is 11.8 Å². The van der Waals surface area contributed by atoms with Gasteiger partial charge < -0.3 is 0 Å². The van der Waals surface area contributed by atoms with Crippen LogP contribution in [0.2, 0.25) is 0 Å². The minimum absolute atomic E-state index is 0.0956. The first-order valence-corrected chi connectivity index (χ1v) is 8.46. The van der Waals surface area contributed by atoms with E-state index in [1.165, 1.54) is 0 Å². The Kier molecular flexibility index (Phi) is 5.79. The van der Waals surface area contributed by atoms with Crippen molar-refractivity contribution in [1.29, 1.82) is 5.26 Å². The Hall–Kier alpha value is -1.10. The lowest BCUT2D eigenvalue weighted by Gasteiger charge is -2.12. The Labute approximate surface area is 117 Å². The molecule has 1 aromatic rings. The summed E-state index contributed by atoms with van der Waals surface area (Å²) in [5.74, 6) is 0.313. The molecule has 0 saturated carbocycles. The molecule has 0 amide bonds. The minimum atomic E-state index is -3.70. The van der Waals surface area contributed by atoms with Crippen LogP contribution in [0.5, 0.6) is 0 Å². The molecule has 0 aliphatic heterocycles. The van der Waals surface area contributed by atoms with Crippen molar-refractivity contribution in [3.05, 3.63) is 29.6 Å². The second-order valence-electron chi connectivity index (χ2n) is 4.17. The van der Waals surface area contributed by atoms with Gasteiger partial charge in [0, 0.05) is 6.54 Å². The molecule has 0 aliphatic rings. The SMILES string of the molecule is CSCC(C)CNS(=O)(=O)c1ccc(F)c(C#N)c1. The lowest BCUT2D eigenvalue weighted by Crippen LogP contribution is -2.29. The van der Waals surface area contributed by atoms with E-state index in [1.54, 1.807) is 17.8 Å². The molecule has 1 unspecified atom stereocenters. The van der Waals surface area contributed by atoms with Crippen molar-refractivity contribution in [3.8, 4) is 6.07 Å². The second kappa shape index (κ2) is 6.89. The van der Waals surface area contributed by atoms with Gasteiger partial charge in [-0.05, 0) is 36.1 Å². The van der Waals surface area contributed by atoms with E-state index in [1.807, 2.05) is 13.2 Å². The molecule has 0 saturated heterocycles. The van der Waals surface area contributed by atoms with Gasteiger partial charge in [-0.1, -0.05) is 6.92 Å². The zero-order chi connectivity index (χ0) is 14.5. The number of hydrogen-bond acceptors (Lipinski definition) is 4. The Morgan fingerprint density at radius 2 is 2.21 bits per heavy atom. The third-order valence-electron chi connectivity index (χ3n) is 2.44. The first-order chi connectivity index (χ1) is 8.90. The van der Waals surface area contributed by atoms with E-state index < -0.39 is 15.8 Å². The first-order valence-electron chi connectivity index (χ1n) is 5.59. The van der Waals surface area contributed by atoms with E-state index >= 15 is 0 Å². The summed E-state index contributed by atoms with van der Waals surface area (Å²) in [4.78, 5) is -0.0956. The lowest BCUT2D eigenvalue weighted by molar-refractivity contribution is 0.562. The van der Waals surface area contributed by atoms with E-state index in [4.69, 9.17) is 5.26 Å². The van der Waals surface area contributed by atoms with E-state index in [0.717, 1.165) is 24.0 Å². The summed E-state index contributed by atoms with van der Waals surface area (Å²) in [6.07, 6.45) is 1.95. The van der Waals surface area contributed by atoms with Crippen molar-refractivity contribution >= 4 is 21.8 Å². The average Bonchev–Trinajstić information content (AvgIpc) is 2.37. The third-order valence-corrected chi connectivity index (χ3v) is 4.77. The maximum atomic E-state index is 13.1. The summed E-state index contributed by atoms with van der Waals surface area (Å²) in [5.41, 5.74) is -0.278. The van der Waals surface area contributed by atoms with Crippen LogP contribution in [0.25, 0.3) is 0 Å². The number of thioether (sulfide) groups is 1. The van der Waals surface area contributed by atoms with Gasteiger partial charge in [0.05, 0.1) is 10.5 Å². The number of halogens is 1. The molecule has 0 spiro atoms. The van der Waals surface area contributed by atoms with Gasteiger partial charge in [-0.3, -0.25) is 0 Å². The van der Waals surface area contributed by atoms with E-state index in [2.05, 4.69) is 4.72 Å². The highest BCUT2D eigenvalue weighted by molar-refractivity contribution is 7.98. The number of nitriles is 1. The van der Waals surface area contributed by atoms with Crippen molar-refractivity contribution in [2.75, 3.05) is 18.6 Å². The molecule has 104 valence electrons. The van der Waals surface area contributed by atoms with Crippen molar-refractivity contribution < 1.29 is 12.8 Å². The summed E-state index contributed by atoms with van der Waals surface area (Å²) in [7, 11) is -3.70. The summed E-state index contributed by atoms with van der Waals surface area (Å²) >= 11 is 1.64. The van der Waals surface area contributed by atoms with Gasteiger partial charge in [-0.25, -0.2) is 17.5 Å². The highest BCUT2D eigenvalue weighted by atomic mass is 32.2. The number of nitrogens with one attached hydrogen (secondary N) is 1. The molecule has 0 aliphatic carbocycles. The quantitative estimate of drug-likeness (QED) is 0.872. The summed E-state index contributed by atoms with van der Waals surface area (Å²) in [5, 5.41) is 8.69. The maximum Gasteiger partial charge on any atom is 0.240 e. The Morgan fingerprint density at radius 3 is 2.79 bits per heavy atom. The van der Waals surface area contributed by atoms with Crippen LogP contribution in [0.4, 0.5) is 4.39 Å². The molecule has 1 atom stereocenters. The van der Waals surface area contributed by atoms with Crippen molar-refractivity contribution in [3.63, 3.8) is 0 Å². The smallest absolute Gasteiger partial charge is 0.211 e. The average molecular weight is 302 g/mol. The number of hydrogen-bond donors (Lipinski definition) is 1. The first kappa shape index (κ1) is 16.0. The predicted molar refractivity (Wildman–Crippen MR) is 73.8 cm³/mol. The van der Waals surface area contributed by atoms with Gasteiger partial charge in [0.1, 0.15) is 11.9 Å². The van der Waals surface area contributed by atoms with Crippen LogP contribution in [-0.2, 0) is 10.0 Å². The molecular weight excluding hydrogens is 287 g/mol. The standard InChI is InChI=1S/C12H15FN2O2S2/c1-9(8-18-2)7-15-19(16,17)11-3-4-12(13)10(5-11)6-14/h3-5,9,15H,7-8H2,1-2H3. The molecule has 0 fully saturated rings. The van der Waals surface area contributed by atoms with Gasteiger partial charge in [0.2, 0.25) is 10.0 Å². The molecule has 7 heteroatoms. The topological polar surface area (TPSA) is 70.0 Å². The molecule has 0 heterocycles. The number of benzene rings is 1. The Balaban J connectivity index is 2.86. The Morgan fingerprint density at radius 1 is 1.53 bits per heavy atom. The van der Waals surface area contributed by atoms with E-state index in [0.29, 0.717) is 6.54 Å². The van der Waals surface area contributed by atoms with Crippen molar-refractivity contribution in [2.45, 2.75) is 11.8 Å². The molecule has 0 radical (unpaired) electrons. The van der Waals surface area contributed by atoms with Crippen LogP contribution in [0.15, 0.2) is 23.1 Å². The van der Waals surface area contributed by atoms with Crippen LogP contribution in [0.1, 0.15) is 12.5 Å². The predicted octanol–water partition coefficient (Wildman–Crippen LogP) is 1.97. The molecule has 0 bridgehead atoms. The fourth-order valence-corrected chi connectivity index (χ4v) is 3.31.